The van der Waals surface area contributed by atoms with Gasteiger partial charge in [0.15, 0.2) is 0 Å². The molecule has 0 aliphatic heterocycles. The Morgan fingerprint density at radius 1 is 0.763 bits per heavy atom. The first-order valence-electron chi connectivity index (χ1n) is 12.0. The van der Waals surface area contributed by atoms with E-state index in [-0.39, 0.29) is 6.42 Å². The number of aliphatic carboxylic acids is 1. The molecule has 8 nitrogen and oxygen atoms in total. The van der Waals surface area contributed by atoms with Gasteiger partial charge in [0.05, 0.1) is 12.1 Å². The minimum Gasteiger partial charge on any atom is -0.483 e. The molecule has 4 aromatic carbocycles. The Hall–Kier alpha value is -5.11. The monoisotopic (exact) mass is 509 g/mol. The van der Waals surface area contributed by atoms with Gasteiger partial charge in [0, 0.05) is 17.8 Å². The maximum Gasteiger partial charge on any atom is 0.319 e. The molecular formula is C30H27N3O5. The van der Waals surface area contributed by atoms with E-state index >= 15 is 0 Å². The molecule has 0 saturated heterocycles. The lowest BCUT2D eigenvalue weighted by molar-refractivity contribution is -0.138. The Labute approximate surface area is 220 Å². The number of amides is 3. The summed E-state index contributed by atoms with van der Waals surface area (Å²) in [6.45, 7) is 0.371. The molecule has 8 heteroatoms. The second kappa shape index (κ2) is 12.7. The number of carboxylic acids is 1. The summed E-state index contributed by atoms with van der Waals surface area (Å²) in [5, 5.41) is 17.7. The van der Waals surface area contributed by atoms with E-state index in [1.165, 1.54) is 0 Å². The zero-order valence-electron chi connectivity index (χ0n) is 20.5. The molecule has 4 aromatic rings. The van der Waals surface area contributed by atoms with E-state index in [1.54, 1.807) is 60.7 Å². The number of hydrogen-bond acceptors (Lipinski definition) is 4. The maximum absolute atomic E-state index is 13.1. The summed E-state index contributed by atoms with van der Waals surface area (Å²) in [6, 6.07) is 31.6. The molecule has 4 rings (SSSR count). The van der Waals surface area contributed by atoms with E-state index in [4.69, 9.17) is 4.74 Å². The quantitative estimate of drug-likeness (QED) is 0.214. The van der Waals surface area contributed by atoms with Gasteiger partial charge < -0.3 is 25.8 Å². The van der Waals surface area contributed by atoms with Gasteiger partial charge in [-0.15, -0.1) is 0 Å². The molecule has 0 heterocycles. The largest absolute Gasteiger partial charge is 0.483 e. The van der Waals surface area contributed by atoms with E-state index in [0.717, 1.165) is 5.56 Å². The highest BCUT2D eigenvalue weighted by molar-refractivity contribution is 6.06. The fraction of sp³-hybridized carbons (Fsp3) is 0.100. The molecule has 0 fully saturated rings. The van der Waals surface area contributed by atoms with Gasteiger partial charge in [0.25, 0.3) is 5.91 Å². The number of benzene rings is 4. The molecule has 38 heavy (non-hydrogen) atoms. The summed E-state index contributed by atoms with van der Waals surface area (Å²) in [7, 11) is 0. The second-order valence-corrected chi connectivity index (χ2v) is 8.44. The molecular weight excluding hydrogens is 482 g/mol. The van der Waals surface area contributed by atoms with Crippen LogP contribution in [0.5, 0.6) is 5.75 Å². The lowest BCUT2D eigenvalue weighted by Crippen LogP contribution is -2.28. The van der Waals surface area contributed by atoms with E-state index in [2.05, 4.69) is 16.0 Å². The van der Waals surface area contributed by atoms with E-state index in [0.29, 0.717) is 34.8 Å². The van der Waals surface area contributed by atoms with Crippen molar-refractivity contribution in [1.29, 1.82) is 0 Å². The van der Waals surface area contributed by atoms with E-state index < -0.39 is 24.0 Å². The highest BCUT2D eigenvalue weighted by atomic mass is 16.5. The Kier molecular flexibility index (Phi) is 8.70. The van der Waals surface area contributed by atoms with Gasteiger partial charge in [-0.05, 0) is 41.5 Å². The minimum absolute atomic E-state index is 0.244. The lowest BCUT2D eigenvalue weighted by atomic mass is 10.1. The molecule has 0 saturated carbocycles. The van der Waals surface area contributed by atoms with Crippen LogP contribution in [0.2, 0.25) is 0 Å². The van der Waals surface area contributed by atoms with E-state index in [1.807, 2.05) is 48.5 Å². The molecule has 1 unspecified atom stereocenters. The van der Waals surface area contributed by atoms with Crippen LogP contribution in [0.4, 0.5) is 16.2 Å². The third-order valence-electron chi connectivity index (χ3n) is 5.61. The number of nitrogens with one attached hydrogen (secondary N) is 3. The van der Waals surface area contributed by atoms with Crippen molar-refractivity contribution in [2.45, 2.75) is 19.1 Å². The Morgan fingerprint density at radius 2 is 1.45 bits per heavy atom. The number of carbonyl (C=O) groups excluding carboxylic acids is 2. The molecule has 0 aromatic heterocycles. The van der Waals surface area contributed by atoms with Gasteiger partial charge in [-0.25, -0.2) is 4.79 Å². The number of hydrogen-bond donors (Lipinski definition) is 4. The number of rotatable bonds is 10. The molecule has 0 aliphatic carbocycles. The molecule has 192 valence electrons. The van der Waals surface area contributed by atoms with Gasteiger partial charge in [-0.1, -0.05) is 78.9 Å². The lowest BCUT2D eigenvalue weighted by Gasteiger charge is -2.20. The van der Waals surface area contributed by atoms with Gasteiger partial charge >= 0.3 is 12.0 Å². The second-order valence-electron chi connectivity index (χ2n) is 8.44. The highest BCUT2D eigenvalue weighted by Gasteiger charge is 2.20. The summed E-state index contributed by atoms with van der Waals surface area (Å²) in [4.78, 5) is 36.8. The average Bonchev–Trinajstić information content (AvgIpc) is 2.93. The summed E-state index contributed by atoms with van der Waals surface area (Å²) in [5.74, 6) is -1.08. The van der Waals surface area contributed by atoms with E-state index in [9.17, 15) is 19.5 Å². The number of carbonyl (C=O) groups is 3. The number of ether oxygens (including phenoxy) is 1. The summed E-state index contributed by atoms with van der Waals surface area (Å²) in [6.07, 6.45) is -0.986. The van der Waals surface area contributed by atoms with Crippen molar-refractivity contribution in [3.05, 3.63) is 126 Å². The molecule has 0 aliphatic rings. The summed E-state index contributed by atoms with van der Waals surface area (Å²) < 4.78 is 6.06. The van der Waals surface area contributed by atoms with Crippen LogP contribution in [0.25, 0.3) is 0 Å². The maximum atomic E-state index is 13.1. The fourth-order valence-corrected chi connectivity index (χ4v) is 3.77. The first kappa shape index (κ1) is 26.0. The van der Waals surface area contributed by atoms with Crippen LogP contribution < -0.4 is 20.7 Å². The van der Waals surface area contributed by atoms with Crippen molar-refractivity contribution in [3.8, 4) is 5.75 Å². The third kappa shape index (κ3) is 7.44. The van der Waals surface area contributed by atoms with Crippen LogP contribution in [0, 0.1) is 0 Å². The molecule has 3 amide bonds. The highest BCUT2D eigenvalue weighted by Crippen LogP contribution is 2.31. The fourth-order valence-electron chi connectivity index (χ4n) is 3.77. The van der Waals surface area contributed by atoms with Crippen molar-refractivity contribution < 1.29 is 24.2 Å². The molecule has 4 N–H and O–H groups in total. The predicted molar refractivity (Wildman–Crippen MR) is 145 cm³/mol. The van der Waals surface area contributed by atoms with Gasteiger partial charge in [-0.3, -0.25) is 9.59 Å². The standard InChI is InChI=1S/C30H27N3O5/c34-28(35)19-27(22-12-5-2-6-13-22)38-26-17-8-7-16-25(26)33-29(36)23-14-9-15-24(18-23)32-30(37)31-20-21-10-3-1-4-11-21/h1-18,27H,19-20H2,(H,33,36)(H,34,35)(H2,31,32,37). The Balaban J connectivity index is 1.43. The predicted octanol–water partition coefficient (Wildman–Crippen LogP) is 5.86. The number of para-hydroxylation sites is 2. The van der Waals surface area contributed by atoms with Crippen molar-refractivity contribution in [2.24, 2.45) is 0 Å². The van der Waals surface area contributed by atoms with Gasteiger partial charge in [-0.2, -0.15) is 0 Å². The zero-order chi connectivity index (χ0) is 26.7. The first-order chi connectivity index (χ1) is 18.5. The SMILES string of the molecule is O=C(O)CC(Oc1ccccc1NC(=O)c1cccc(NC(=O)NCc2ccccc2)c1)c1ccccc1. The molecule has 0 spiro atoms. The molecule has 1 atom stereocenters. The van der Waals surface area contributed by atoms with Crippen LogP contribution in [-0.2, 0) is 11.3 Å². The third-order valence-corrected chi connectivity index (χ3v) is 5.61. The minimum atomic E-state index is -1.00. The van der Waals surface area contributed by atoms with Gasteiger partial charge in [0.2, 0.25) is 0 Å². The van der Waals surface area contributed by atoms with Crippen LogP contribution in [0.15, 0.2) is 109 Å². The summed E-state index contributed by atoms with van der Waals surface area (Å²) >= 11 is 0. The molecule has 0 radical (unpaired) electrons. The normalized spacial score (nSPS) is 11.2. The van der Waals surface area contributed by atoms with Crippen LogP contribution in [0.3, 0.4) is 0 Å². The average molecular weight is 510 g/mol. The van der Waals surface area contributed by atoms with Crippen LogP contribution in [-0.4, -0.2) is 23.0 Å². The van der Waals surface area contributed by atoms with Crippen LogP contribution >= 0.6 is 0 Å². The summed E-state index contributed by atoms with van der Waals surface area (Å²) in [5.41, 5.74) is 2.85. The Morgan fingerprint density at radius 3 is 2.18 bits per heavy atom. The van der Waals surface area contributed by atoms with Crippen LogP contribution in [0.1, 0.15) is 34.0 Å². The number of carboxylic acid groups (broad SMARTS) is 1. The molecule has 0 bridgehead atoms. The van der Waals surface area contributed by atoms with Crippen molar-refractivity contribution in [2.75, 3.05) is 10.6 Å². The number of anilines is 2. The zero-order valence-corrected chi connectivity index (χ0v) is 20.5. The smallest absolute Gasteiger partial charge is 0.319 e. The topological polar surface area (TPSA) is 117 Å². The Bertz CT molecular complexity index is 1390. The number of urea groups is 1. The van der Waals surface area contributed by atoms with Crippen molar-refractivity contribution >= 4 is 29.3 Å². The van der Waals surface area contributed by atoms with Crippen molar-refractivity contribution in [3.63, 3.8) is 0 Å². The van der Waals surface area contributed by atoms with Crippen molar-refractivity contribution in [1.82, 2.24) is 5.32 Å². The first-order valence-corrected chi connectivity index (χ1v) is 12.0. The van der Waals surface area contributed by atoms with Gasteiger partial charge in [0.1, 0.15) is 11.9 Å².